The SMILES string of the molecule is CC1(N=[N+]=[N-])C(=O)CCC(N=[N+]=[N-])C1=Cc1ccccc1. The molecule has 0 amide bonds. The van der Waals surface area contributed by atoms with E-state index < -0.39 is 11.6 Å². The highest BCUT2D eigenvalue weighted by atomic mass is 16.1. The molecule has 2 rings (SSSR count). The van der Waals surface area contributed by atoms with Crippen molar-refractivity contribution >= 4 is 11.9 Å². The van der Waals surface area contributed by atoms with E-state index in [1.54, 1.807) is 13.0 Å². The molecule has 1 aromatic rings. The van der Waals surface area contributed by atoms with Crippen LogP contribution >= 0.6 is 0 Å². The molecule has 0 aromatic heterocycles. The van der Waals surface area contributed by atoms with Crippen molar-refractivity contribution in [3.8, 4) is 0 Å². The first-order chi connectivity index (χ1) is 10.1. The van der Waals surface area contributed by atoms with E-state index in [0.29, 0.717) is 12.0 Å². The molecular formula is C14H14N6O. The lowest BCUT2D eigenvalue weighted by Crippen LogP contribution is -2.43. The highest BCUT2D eigenvalue weighted by Crippen LogP contribution is 2.37. The molecule has 0 N–H and O–H groups in total. The van der Waals surface area contributed by atoms with E-state index in [9.17, 15) is 4.79 Å². The summed E-state index contributed by atoms with van der Waals surface area (Å²) in [5.41, 5.74) is 17.6. The monoisotopic (exact) mass is 282 g/mol. The molecule has 1 aliphatic rings. The molecule has 0 spiro atoms. The van der Waals surface area contributed by atoms with Crippen molar-refractivity contribution in [2.75, 3.05) is 0 Å². The van der Waals surface area contributed by atoms with Gasteiger partial charge < -0.3 is 0 Å². The van der Waals surface area contributed by atoms with Gasteiger partial charge >= 0.3 is 0 Å². The summed E-state index contributed by atoms with van der Waals surface area (Å²) in [5.74, 6) is -0.160. The zero-order valence-electron chi connectivity index (χ0n) is 11.5. The van der Waals surface area contributed by atoms with Gasteiger partial charge in [0.1, 0.15) is 11.3 Å². The number of hydrogen-bond acceptors (Lipinski definition) is 3. The molecule has 1 aliphatic carbocycles. The quantitative estimate of drug-likeness (QED) is 0.461. The molecule has 7 nitrogen and oxygen atoms in total. The van der Waals surface area contributed by atoms with Gasteiger partial charge in [-0.2, -0.15) is 0 Å². The van der Waals surface area contributed by atoms with Crippen LogP contribution < -0.4 is 0 Å². The molecule has 0 saturated heterocycles. The number of benzene rings is 1. The van der Waals surface area contributed by atoms with E-state index in [1.165, 1.54) is 0 Å². The van der Waals surface area contributed by atoms with Crippen molar-refractivity contribution in [1.29, 1.82) is 0 Å². The predicted molar refractivity (Wildman–Crippen MR) is 79.1 cm³/mol. The van der Waals surface area contributed by atoms with E-state index in [0.717, 1.165) is 5.56 Å². The first-order valence-electron chi connectivity index (χ1n) is 6.52. The number of ketones is 1. The van der Waals surface area contributed by atoms with E-state index in [1.807, 2.05) is 30.3 Å². The number of nitrogens with zero attached hydrogens (tertiary/aromatic N) is 6. The van der Waals surface area contributed by atoms with Gasteiger partial charge in [-0.05, 0) is 35.5 Å². The van der Waals surface area contributed by atoms with Crippen LogP contribution in [0.2, 0.25) is 0 Å². The molecule has 1 saturated carbocycles. The van der Waals surface area contributed by atoms with Crippen molar-refractivity contribution < 1.29 is 4.79 Å². The maximum atomic E-state index is 12.2. The van der Waals surface area contributed by atoms with Crippen molar-refractivity contribution in [1.82, 2.24) is 0 Å². The molecule has 1 fully saturated rings. The minimum Gasteiger partial charge on any atom is -0.299 e. The molecule has 2 unspecified atom stereocenters. The number of azide groups is 2. The molecule has 7 heteroatoms. The lowest BCUT2D eigenvalue weighted by molar-refractivity contribution is -0.123. The van der Waals surface area contributed by atoms with Gasteiger partial charge in [0.15, 0.2) is 0 Å². The predicted octanol–water partition coefficient (Wildman–Crippen LogP) is 4.18. The third-order valence-electron chi connectivity index (χ3n) is 3.67. The maximum absolute atomic E-state index is 12.2. The van der Waals surface area contributed by atoms with Crippen molar-refractivity contribution in [3.05, 3.63) is 62.4 Å². The van der Waals surface area contributed by atoms with Gasteiger partial charge in [-0.25, -0.2) is 0 Å². The van der Waals surface area contributed by atoms with Gasteiger partial charge in [-0.15, -0.1) is 0 Å². The highest BCUT2D eigenvalue weighted by molar-refractivity contribution is 5.94. The van der Waals surface area contributed by atoms with E-state index in [-0.39, 0.29) is 12.2 Å². The van der Waals surface area contributed by atoms with Crippen molar-refractivity contribution in [3.63, 3.8) is 0 Å². The van der Waals surface area contributed by atoms with Crippen LogP contribution in [0.3, 0.4) is 0 Å². The first-order valence-corrected chi connectivity index (χ1v) is 6.52. The summed E-state index contributed by atoms with van der Waals surface area (Å²) in [6.45, 7) is 1.57. The van der Waals surface area contributed by atoms with Crippen LogP contribution in [-0.4, -0.2) is 17.4 Å². The average molecular weight is 282 g/mol. The number of hydrogen-bond donors (Lipinski definition) is 0. The molecule has 1 aromatic carbocycles. The lowest BCUT2D eigenvalue weighted by Gasteiger charge is -2.34. The van der Waals surface area contributed by atoms with E-state index in [2.05, 4.69) is 20.1 Å². The number of rotatable bonds is 3. The standard InChI is InChI=1S/C14H14N6O/c1-14(18-20-16)11(9-10-5-3-2-4-6-10)12(17-19-15)7-8-13(14)21/h2-6,9,12H,7-8H2,1H3. The Bertz CT molecular complexity index is 670. The Morgan fingerprint density at radius 1 is 1.29 bits per heavy atom. The molecule has 0 bridgehead atoms. The zero-order valence-corrected chi connectivity index (χ0v) is 11.5. The summed E-state index contributed by atoms with van der Waals surface area (Å²) in [6, 6.07) is 8.87. The topological polar surface area (TPSA) is 115 Å². The van der Waals surface area contributed by atoms with Gasteiger partial charge in [-0.3, -0.25) is 4.79 Å². The first kappa shape index (κ1) is 14.7. The Kier molecular flexibility index (Phi) is 4.28. The van der Waals surface area contributed by atoms with Gasteiger partial charge in [0.25, 0.3) is 0 Å². The summed E-state index contributed by atoms with van der Waals surface area (Å²) in [5, 5.41) is 7.44. The summed E-state index contributed by atoms with van der Waals surface area (Å²) < 4.78 is 0. The van der Waals surface area contributed by atoms with Crippen LogP contribution in [-0.2, 0) is 4.79 Å². The van der Waals surface area contributed by atoms with Gasteiger partial charge in [0.05, 0.1) is 6.04 Å². The van der Waals surface area contributed by atoms with Gasteiger partial charge in [-0.1, -0.05) is 46.6 Å². The molecule has 106 valence electrons. The van der Waals surface area contributed by atoms with Gasteiger partial charge in [0.2, 0.25) is 0 Å². The minimum atomic E-state index is -1.30. The Hall–Kier alpha value is -2.75. The average Bonchev–Trinajstić information content (AvgIpc) is 2.49. The largest absolute Gasteiger partial charge is 0.299 e. The van der Waals surface area contributed by atoms with Gasteiger partial charge in [0, 0.05) is 16.2 Å². The third kappa shape index (κ3) is 2.89. The minimum absolute atomic E-state index is 0.160. The fraction of sp³-hybridized carbons (Fsp3) is 0.357. The fourth-order valence-corrected chi connectivity index (χ4v) is 2.50. The second-order valence-corrected chi connectivity index (χ2v) is 4.95. The smallest absolute Gasteiger partial charge is 0.148 e. The van der Waals surface area contributed by atoms with Crippen LogP contribution in [0.5, 0.6) is 0 Å². The normalized spacial score (nSPS) is 26.8. The fourth-order valence-electron chi connectivity index (χ4n) is 2.50. The molecular weight excluding hydrogens is 268 g/mol. The Morgan fingerprint density at radius 3 is 2.62 bits per heavy atom. The van der Waals surface area contributed by atoms with Crippen LogP contribution in [0.4, 0.5) is 0 Å². The summed E-state index contributed by atoms with van der Waals surface area (Å²) in [4.78, 5) is 17.9. The Balaban J connectivity index is 2.60. The molecule has 0 heterocycles. The van der Waals surface area contributed by atoms with E-state index >= 15 is 0 Å². The molecule has 21 heavy (non-hydrogen) atoms. The third-order valence-corrected chi connectivity index (χ3v) is 3.67. The number of carbonyl (C=O) groups excluding carboxylic acids is 1. The summed E-state index contributed by atoms with van der Waals surface area (Å²) in [7, 11) is 0. The van der Waals surface area contributed by atoms with Crippen molar-refractivity contribution in [2.24, 2.45) is 10.2 Å². The second-order valence-electron chi connectivity index (χ2n) is 4.95. The van der Waals surface area contributed by atoms with Crippen LogP contribution in [0, 0.1) is 0 Å². The van der Waals surface area contributed by atoms with E-state index in [4.69, 9.17) is 11.1 Å². The van der Waals surface area contributed by atoms with Crippen LogP contribution in [0.15, 0.2) is 46.1 Å². The number of carbonyl (C=O) groups is 1. The maximum Gasteiger partial charge on any atom is 0.148 e. The van der Waals surface area contributed by atoms with Crippen LogP contribution in [0.25, 0.3) is 27.0 Å². The summed E-state index contributed by atoms with van der Waals surface area (Å²) >= 11 is 0. The second kappa shape index (κ2) is 6.13. The zero-order chi connectivity index (χ0) is 15.3. The Morgan fingerprint density at radius 2 is 2.00 bits per heavy atom. The molecule has 0 radical (unpaired) electrons. The molecule has 2 atom stereocenters. The van der Waals surface area contributed by atoms with Crippen molar-refractivity contribution in [2.45, 2.75) is 31.3 Å². The number of Topliss-reactive ketones (excluding diaryl/α,β-unsaturated/α-hetero) is 1. The lowest BCUT2D eigenvalue weighted by atomic mass is 9.75. The Labute approximate surface area is 121 Å². The molecule has 0 aliphatic heterocycles. The summed E-state index contributed by atoms with van der Waals surface area (Å²) in [6.07, 6.45) is 2.43. The van der Waals surface area contributed by atoms with Crippen LogP contribution in [0.1, 0.15) is 25.3 Å². The highest BCUT2D eigenvalue weighted by Gasteiger charge is 2.43.